The molecule has 0 N–H and O–H groups in total. The number of fused-ring (bicyclic) bond motifs is 1. The third-order valence-electron chi connectivity index (χ3n) is 5.26. The highest BCUT2D eigenvalue weighted by Gasteiger charge is 2.58. The van der Waals surface area contributed by atoms with E-state index in [1.807, 2.05) is 27.7 Å². The van der Waals surface area contributed by atoms with Crippen LogP contribution in [-0.4, -0.2) is 24.5 Å². The van der Waals surface area contributed by atoms with E-state index < -0.39 is 30.4 Å². The predicted molar refractivity (Wildman–Crippen MR) is 78.7 cm³/mol. The maximum Gasteiger partial charge on any atom is 0.465 e. The van der Waals surface area contributed by atoms with Crippen molar-refractivity contribution in [3.63, 3.8) is 0 Å². The van der Waals surface area contributed by atoms with Gasteiger partial charge in [-0.3, -0.25) is 0 Å². The minimum absolute atomic E-state index is 0.0142. The predicted octanol–water partition coefficient (Wildman–Crippen LogP) is 4.45. The number of hydrogen-bond acceptors (Lipinski definition) is 2. The van der Waals surface area contributed by atoms with E-state index in [2.05, 4.69) is 0 Å². The molecule has 1 aliphatic carbocycles. The zero-order valence-corrected chi connectivity index (χ0v) is 13.2. The summed E-state index contributed by atoms with van der Waals surface area (Å²) < 4.78 is 51.9. The molecule has 1 aromatic rings. The summed E-state index contributed by atoms with van der Waals surface area (Å²) in [6.07, 6.45) is -4.26. The lowest BCUT2D eigenvalue weighted by Crippen LogP contribution is -2.41. The molecule has 3 rings (SSSR count). The van der Waals surface area contributed by atoms with E-state index in [1.54, 1.807) is 24.3 Å². The normalized spacial score (nSPS) is 29.7. The Morgan fingerprint density at radius 2 is 1.50 bits per heavy atom. The van der Waals surface area contributed by atoms with E-state index in [0.29, 0.717) is 11.1 Å². The fraction of sp³-hybridized carbons (Fsp3) is 0.625. The van der Waals surface area contributed by atoms with E-state index in [0.717, 1.165) is 0 Å². The van der Waals surface area contributed by atoms with Crippen molar-refractivity contribution < 1.29 is 22.5 Å². The molecule has 0 unspecified atom stereocenters. The van der Waals surface area contributed by atoms with Gasteiger partial charge in [-0.1, -0.05) is 24.3 Å². The Hall–Kier alpha value is -1.01. The third kappa shape index (κ3) is 2.37. The van der Waals surface area contributed by atoms with E-state index in [-0.39, 0.29) is 12.2 Å². The Bertz CT molecular complexity index is 567. The van der Waals surface area contributed by atoms with Crippen molar-refractivity contribution in [2.45, 2.75) is 63.2 Å². The zero-order valence-electron chi connectivity index (χ0n) is 13.2. The van der Waals surface area contributed by atoms with Gasteiger partial charge in [-0.2, -0.15) is 13.2 Å². The zero-order chi connectivity index (χ0) is 16.3. The van der Waals surface area contributed by atoms with E-state index in [1.165, 1.54) is 0 Å². The molecule has 2 nitrogen and oxygen atoms in total. The Kier molecular flexibility index (Phi) is 3.42. The van der Waals surface area contributed by atoms with Crippen LogP contribution in [-0.2, 0) is 9.31 Å². The molecule has 0 aromatic heterocycles. The van der Waals surface area contributed by atoms with Crippen LogP contribution >= 0.6 is 0 Å². The maximum atomic E-state index is 13.3. The van der Waals surface area contributed by atoms with E-state index in [4.69, 9.17) is 9.31 Å². The second kappa shape index (κ2) is 4.74. The van der Waals surface area contributed by atoms with Gasteiger partial charge in [-0.15, -0.1) is 0 Å². The van der Waals surface area contributed by atoms with Crippen molar-refractivity contribution in [3.05, 3.63) is 35.4 Å². The van der Waals surface area contributed by atoms with Gasteiger partial charge in [0.1, 0.15) is 0 Å². The third-order valence-corrected chi connectivity index (χ3v) is 5.26. The van der Waals surface area contributed by atoms with Gasteiger partial charge in [0, 0.05) is 5.82 Å². The molecule has 0 bridgehead atoms. The Morgan fingerprint density at radius 3 is 2.00 bits per heavy atom. The van der Waals surface area contributed by atoms with Crippen LogP contribution in [0.1, 0.15) is 57.0 Å². The van der Waals surface area contributed by atoms with Crippen LogP contribution < -0.4 is 0 Å². The lowest BCUT2D eigenvalue weighted by atomic mass is 9.68. The van der Waals surface area contributed by atoms with E-state index in [9.17, 15) is 13.2 Å². The van der Waals surface area contributed by atoms with Crippen LogP contribution in [0.25, 0.3) is 0 Å². The summed E-state index contributed by atoms with van der Waals surface area (Å²) in [5.41, 5.74) is -0.0238. The van der Waals surface area contributed by atoms with Crippen molar-refractivity contribution >= 4 is 7.12 Å². The highest BCUT2D eigenvalue weighted by atomic mass is 19.4. The van der Waals surface area contributed by atoms with Crippen molar-refractivity contribution in [1.82, 2.24) is 0 Å². The molecule has 0 radical (unpaired) electrons. The summed E-state index contributed by atoms with van der Waals surface area (Å²) in [6, 6.07) is 6.76. The first-order valence-corrected chi connectivity index (χ1v) is 7.54. The molecular weight excluding hydrogens is 292 g/mol. The lowest BCUT2D eigenvalue weighted by Gasteiger charge is -2.32. The van der Waals surface area contributed by atoms with Crippen molar-refractivity contribution in [2.75, 3.05) is 0 Å². The Balaban J connectivity index is 1.95. The topological polar surface area (TPSA) is 18.5 Å². The standard InChI is InChI=1S/C16H20BF3O2/c1-14(2)15(3,4)22-17(21-14)13-9-12(16(18,19)20)10-7-5-6-8-11(10)13/h5-8,12-13H,9H2,1-4H3/t12-,13-/m0/s1. The molecule has 22 heavy (non-hydrogen) atoms. The van der Waals surface area contributed by atoms with Gasteiger partial charge in [-0.25, -0.2) is 0 Å². The molecule has 1 aliphatic heterocycles. The fourth-order valence-electron chi connectivity index (χ4n) is 3.29. The van der Waals surface area contributed by atoms with Crippen LogP contribution in [0.15, 0.2) is 24.3 Å². The fourth-order valence-corrected chi connectivity index (χ4v) is 3.29. The van der Waals surface area contributed by atoms with Gasteiger partial charge in [-0.05, 0) is 45.2 Å². The van der Waals surface area contributed by atoms with Crippen LogP contribution in [0.5, 0.6) is 0 Å². The second-order valence-corrected chi connectivity index (χ2v) is 7.19. The van der Waals surface area contributed by atoms with E-state index >= 15 is 0 Å². The number of alkyl halides is 3. The molecule has 1 fully saturated rings. The smallest absolute Gasteiger partial charge is 0.403 e. The maximum absolute atomic E-state index is 13.3. The van der Waals surface area contributed by atoms with Gasteiger partial charge in [0.2, 0.25) is 0 Å². The molecule has 6 heteroatoms. The van der Waals surface area contributed by atoms with Gasteiger partial charge in [0.15, 0.2) is 0 Å². The molecule has 1 heterocycles. The number of benzene rings is 1. The highest BCUT2D eigenvalue weighted by molar-refractivity contribution is 6.47. The second-order valence-electron chi connectivity index (χ2n) is 7.19. The quantitative estimate of drug-likeness (QED) is 0.713. The number of halogens is 3. The summed E-state index contributed by atoms with van der Waals surface area (Å²) in [4.78, 5) is 0. The molecule has 2 atom stereocenters. The van der Waals surface area contributed by atoms with Crippen molar-refractivity contribution in [2.24, 2.45) is 0 Å². The molecule has 1 aromatic carbocycles. The molecule has 0 amide bonds. The summed E-state index contributed by atoms with van der Waals surface area (Å²) in [5.74, 6) is -1.82. The first-order chi connectivity index (χ1) is 10.0. The molecule has 0 saturated carbocycles. The molecule has 1 saturated heterocycles. The summed E-state index contributed by atoms with van der Waals surface area (Å²) in [6.45, 7) is 7.65. The van der Waals surface area contributed by atoms with Gasteiger partial charge < -0.3 is 9.31 Å². The van der Waals surface area contributed by atoms with Crippen molar-refractivity contribution in [3.8, 4) is 0 Å². The van der Waals surface area contributed by atoms with Crippen LogP contribution in [0.2, 0.25) is 0 Å². The first-order valence-electron chi connectivity index (χ1n) is 7.54. The molecular formula is C16H20BF3O2. The highest BCUT2D eigenvalue weighted by Crippen LogP contribution is 2.53. The lowest BCUT2D eigenvalue weighted by molar-refractivity contribution is -0.150. The summed E-state index contributed by atoms with van der Waals surface area (Å²) in [5, 5.41) is 0. The minimum Gasteiger partial charge on any atom is -0.403 e. The number of rotatable bonds is 1. The van der Waals surface area contributed by atoms with Crippen LogP contribution in [0.3, 0.4) is 0 Å². The first kappa shape index (κ1) is 15.9. The minimum atomic E-state index is -4.24. The number of hydrogen-bond donors (Lipinski definition) is 0. The summed E-state index contributed by atoms with van der Waals surface area (Å²) in [7, 11) is -0.640. The largest absolute Gasteiger partial charge is 0.465 e. The Labute approximate surface area is 129 Å². The van der Waals surface area contributed by atoms with Gasteiger partial charge in [0.25, 0.3) is 0 Å². The molecule has 0 spiro atoms. The summed E-state index contributed by atoms with van der Waals surface area (Å²) >= 11 is 0. The SMILES string of the molecule is CC1(C)OB([C@H]2C[C@H](C(F)(F)F)c3ccccc32)OC1(C)C. The average Bonchev–Trinajstić information content (AvgIpc) is 2.85. The van der Waals surface area contributed by atoms with Crippen LogP contribution in [0, 0.1) is 0 Å². The van der Waals surface area contributed by atoms with Gasteiger partial charge in [0.05, 0.1) is 17.1 Å². The average molecular weight is 312 g/mol. The molecule has 120 valence electrons. The van der Waals surface area contributed by atoms with Crippen LogP contribution in [0.4, 0.5) is 13.2 Å². The van der Waals surface area contributed by atoms with Crippen molar-refractivity contribution in [1.29, 1.82) is 0 Å². The molecule has 2 aliphatic rings. The monoisotopic (exact) mass is 312 g/mol. The Morgan fingerprint density at radius 1 is 1.00 bits per heavy atom. The van der Waals surface area contributed by atoms with Gasteiger partial charge >= 0.3 is 13.3 Å².